The fraction of sp³-hybridized carbons (Fsp3) is 0.321. The molecule has 5 rings (SSSR count). The highest BCUT2D eigenvalue weighted by Crippen LogP contribution is 2.58. The number of carbonyl (C=O) groups is 1. The molecule has 2 aliphatic rings. The predicted octanol–water partition coefficient (Wildman–Crippen LogP) is 6.44. The van der Waals surface area contributed by atoms with Crippen LogP contribution in [0.5, 0.6) is 5.75 Å². The summed E-state index contributed by atoms with van der Waals surface area (Å²) in [5, 5.41) is 14.2. The fourth-order valence-electron chi connectivity index (χ4n) is 6.06. The minimum atomic E-state index is -1.01. The molecule has 0 amide bonds. The summed E-state index contributed by atoms with van der Waals surface area (Å²) in [5.74, 6) is 0.349. The number of aliphatic carboxylic acids is 1. The topological polar surface area (TPSA) is 58.6 Å². The fourth-order valence-corrected chi connectivity index (χ4v) is 6.25. The summed E-state index contributed by atoms with van der Waals surface area (Å²) in [6, 6.07) is 24.3. The molecule has 1 saturated carbocycles. The number of carboxylic acid groups (broad SMARTS) is 1. The molecule has 0 aliphatic heterocycles. The van der Waals surface area contributed by atoms with Gasteiger partial charge in [-0.2, -0.15) is 0 Å². The molecule has 33 heavy (non-hydrogen) atoms. The molecule has 1 atom stereocenters. The lowest BCUT2D eigenvalue weighted by Crippen LogP contribution is -2.52. The Labute approximate surface area is 199 Å². The van der Waals surface area contributed by atoms with Crippen molar-refractivity contribution in [2.45, 2.75) is 49.0 Å². The van der Waals surface area contributed by atoms with Crippen LogP contribution in [0.2, 0.25) is 5.02 Å². The highest BCUT2D eigenvalue weighted by Gasteiger charge is 2.54. The Morgan fingerprint density at radius 3 is 2.48 bits per heavy atom. The van der Waals surface area contributed by atoms with Crippen LogP contribution in [0.1, 0.15) is 48.3 Å². The number of nitrogens with one attached hydrogen (secondary N) is 1. The number of benzene rings is 3. The third-order valence-electron chi connectivity index (χ3n) is 7.75. The first kappa shape index (κ1) is 21.8. The number of ether oxygens (including phenoxy) is 1. The zero-order valence-electron chi connectivity index (χ0n) is 18.7. The molecule has 5 heteroatoms. The van der Waals surface area contributed by atoms with Crippen molar-refractivity contribution in [2.24, 2.45) is 0 Å². The minimum Gasteiger partial charge on any atom is -0.497 e. The molecule has 3 aromatic carbocycles. The first-order valence-corrected chi connectivity index (χ1v) is 11.8. The van der Waals surface area contributed by atoms with E-state index in [2.05, 4.69) is 47.8 Å². The van der Waals surface area contributed by atoms with Crippen molar-refractivity contribution in [1.29, 1.82) is 0 Å². The molecular formula is C28H28ClNO3. The molecule has 0 aromatic heterocycles. The van der Waals surface area contributed by atoms with Crippen LogP contribution in [0.3, 0.4) is 0 Å². The van der Waals surface area contributed by atoms with E-state index in [9.17, 15) is 9.90 Å². The molecule has 1 spiro atoms. The van der Waals surface area contributed by atoms with Gasteiger partial charge in [-0.25, -0.2) is 4.79 Å². The number of fused-ring (bicyclic) bond motifs is 2. The zero-order valence-corrected chi connectivity index (χ0v) is 19.4. The first-order valence-electron chi connectivity index (χ1n) is 11.5. The molecule has 2 N–H and O–H groups in total. The van der Waals surface area contributed by atoms with E-state index in [-0.39, 0.29) is 5.41 Å². The quantitative estimate of drug-likeness (QED) is 0.459. The number of hydrogen-bond donors (Lipinski definition) is 2. The largest absolute Gasteiger partial charge is 0.497 e. The van der Waals surface area contributed by atoms with Crippen LogP contribution in [0.25, 0.3) is 0 Å². The van der Waals surface area contributed by atoms with E-state index in [0.29, 0.717) is 23.8 Å². The molecule has 4 nitrogen and oxygen atoms in total. The monoisotopic (exact) mass is 461 g/mol. The SMILES string of the molecule is COc1cccc([C@@H]2Cc3ccccc3C23CCC(Nc2cccc(Cl)c2)(C(=O)O)CC3)c1. The van der Waals surface area contributed by atoms with Crippen molar-refractivity contribution >= 4 is 23.3 Å². The molecule has 170 valence electrons. The number of carboxylic acids is 1. The Bertz CT molecular complexity index is 1180. The predicted molar refractivity (Wildman–Crippen MR) is 131 cm³/mol. The third-order valence-corrected chi connectivity index (χ3v) is 7.99. The maximum atomic E-state index is 12.5. The molecular weight excluding hydrogens is 434 g/mol. The zero-order chi connectivity index (χ0) is 23.1. The van der Waals surface area contributed by atoms with E-state index >= 15 is 0 Å². The molecule has 0 radical (unpaired) electrons. The van der Waals surface area contributed by atoms with Crippen molar-refractivity contribution < 1.29 is 14.6 Å². The van der Waals surface area contributed by atoms with E-state index < -0.39 is 11.5 Å². The average molecular weight is 462 g/mol. The Morgan fingerprint density at radius 1 is 1.00 bits per heavy atom. The van der Waals surface area contributed by atoms with Crippen LogP contribution >= 0.6 is 11.6 Å². The number of rotatable bonds is 5. The third kappa shape index (κ3) is 3.76. The van der Waals surface area contributed by atoms with E-state index in [1.54, 1.807) is 19.2 Å². The number of methoxy groups -OCH3 is 1. The van der Waals surface area contributed by atoms with Gasteiger partial charge in [-0.05, 0) is 85.0 Å². The lowest BCUT2D eigenvalue weighted by Gasteiger charge is -2.47. The van der Waals surface area contributed by atoms with Crippen LogP contribution in [0.4, 0.5) is 5.69 Å². The minimum absolute atomic E-state index is 0.0854. The smallest absolute Gasteiger partial charge is 0.329 e. The van der Waals surface area contributed by atoms with Gasteiger partial charge in [0.1, 0.15) is 11.3 Å². The molecule has 0 bridgehead atoms. The molecule has 0 saturated heterocycles. The second kappa shape index (κ2) is 8.42. The maximum absolute atomic E-state index is 12.5. The van der Waals surface area contributed by atoms with Crippen molar-refractivity contribution in [1.82, 2.24) is 0 Å². The van der Waals surface area contributed by atoms with Gasteiger partial charge in [0, 0.05) is 16.1 Å². The van der Waals surface area contributed by atoms with Crippen molar-refractivity contribution in [2.75, 3.05) is 12.4 Å². The van der Waals surface area contributed by atoms with Gasteiger partial charge in [-0.1, -0.05) is 54.1 Å². The van der Waals surface area contributed by atoms with E-state index in [0.717, 1.165) is 30.7 Å². The summed E-state index contributed by atoms with van der Waals surface area (Å²) >= 11 is 6.16. The summed E-state index contributed by atoms with van der Waals surface area (Å²) in [7, 11) is 1.70. The molecule has 2 aliphatic carbocycles. The number of anilines is 1. The average Bonchev–Trinajstić information content (AvgIpc) is 3.15. The van der Waals surface area contributed by atoms with Gasteiger partial charge in [0.15, 0.2) is 0 Å². The van der Waals surface area contributed by atoms with E-state index in [1.165, 1.54) is 16.7 Å². The van der Waals surface area contributed by atoms with Gasteiger partial charge in [-0.3, -0.25) is 0 Å². The summed E-state index contributed by atoms with van der Waals surface area (Å²) in [6.07, 6.45) is 3.65. The highest BCUT2D eigenvalue weighted by molar-refractivity contribution is 6.30. The van der Waals surface area contributed by atoms with Gasteiger partial charge in [0.25, 0.3) is 0 Å². The van der Waals surface area contributed by atoms with Crippen LogP contribution in [-0.4, -0.2) is 23.7 Å². The van der Waals surface area contributed by atoms with E-state index in [1.807, 2.05) is 18.2 Å². The second-order valence-electron chi connectivity index (χ2n) is 9.37. The summed E-state index contributed by atoms with van der Waals surface area (Å²) in [4.78, 5) is 12.5. The molecule has 0 unspecified atom stereocenters. The second-order valence-corrected chi connectivity index (χ2v) is 9.81. The summed E-state index contributed by atoms with van der Waals surface area (Å²) < 4.78 is 5.51. The lowest BCUT2D eigenvalue weighted by molar-refractivity contribution is -0.144. The van der Waals surface area contributed by atoms with Crippen molar-refractivity contribution in [3.63, 3.8) is 0 Å². The Morgan fingerprint density at radius 2 is 1.76 bits per heavy atom. The van der Waals surface area contributed by atoms with Gasteiger partial charge in [-0.15, -0.1) is 0 Å². The normalized spacial score (nSPS) is 26.1. The van der Waals surface area contributed by atoms with Gasteiger partial charge in [0.2, 0.25) is 0 Å². The van der Waals surface area contributed by atoms with Crippen LogP contribution < -0.4 is 10.1 Å². The standard InChI is InChI=1S/C28H28ClNO3/c1-33-23-10-4-7-19(16-23)25-17-20-6-2-3-11-24(20)27(25)12-14-28(15-13-27,26(31)32)30-22-9-5-8-21(29)18-22/h2-11,16,18,25,30H,12-15,17H2,1H3,(H,31,32)/t25-,27?,28?/m0/s1. The van der Waals surface area contributed by atoms with E-state index in [4.69, 9.17) is 16.3 Å². The maximum Gasteiger partial charge on any atom is 0.329 e. The van der Waals surface area contributed by atoms with Crippen LogP contribution in [0.15, 0.2) is 72.8 Å². The molecule has 0 heterocycles. The number of halogens is 1. The summed E-state index contributed by atoms with van der Waals surface area (Å²) in [6.45, 7) is 0. The van der Waals surface area contributed by atoms with Crippen molar-refractivity contribution in [3.05, 3.63) is 94.5 Å². The Balaban J connectivity index is 1.51. The van der Waals surface area contributed by atoms with Crippen LogP contribution in [0, 0.1) is 0 Å². The molecule has 1 fully saturated rings. The highest BCUT2D eigenvalue weighted by atomic mass is 35.5. The summed E-state index contributed by atoms with van der Waals surface area (Å²) in [5.41, 5.74) is 3.66. The lowest BCUT2D eigenvalue weighted by atomic mass is 9.59. The molecule has 3 aromatic rings. The Hall–Kier alpha value is -2.98. The first-order chi connectivity index (χ1) is 16.0. The van der Waals surface area contributed by atoms with Gasteiger partial charge >= 0.3 is 5.97 Å². The van der Waals surface area contributed by atoms with Crippen molar-refractivity contribution in [3.8, 4) is 5.75 Å². The van der Waals surface area contributed by atoms with Gasteiger partial charge in [0.05, 0.1) is 7.11 Å². The Kier molecular flexibility index (Phi) is 5.57. The van der Waals surface area contributed by atoms with Crippen LogP contribution in [-0.2, 0) is 16.6 Å². The number of hydrogen-bond acceptors (Lipinski definition) is 3. The van der Waals surface area contributed by atoms with Gasteiger partial charge < -0.3 is 15.2 Å².